The van der Waals surface area contributed by atoms with Crippen LogP contribution in [0.25, 0.3) is 0 Å². The maximum atomic E-state index is 11.3. The predicted octanol–water partition coefficient (Wildman–Crippen LogP) is -0.0178. The first-order valence-electron chi connectivity index (χ1n) is 5.30. The number of hydrogen-bond donors (Lipinski definition) is 4. The molecule has 106 valence electrons. The van der Waals surface area contributed by atoms with E-state index in [1.54, 1.807) is 0 Å². The Morgan fingerprint density at radius 1 is 1.42 bits per heavy atom. The number of nitrogen functional groups attached to an aromatic ring is 1. The van der Waals surface area contributed by atoms with Crippen molar-refractivity contribution in [2.24, 2.45) is 5.73 Å². The van der Waals surface area contributed by atoms with Crippen LogP contribution >= 0.6 is 11.6 Å². The zero-order chi connectivity index (χ0) is 14.6. The van der Waals surface area contributed by atoms with Gasteiger partial charge in [0.05, 0.1) is 22.0 Å². The Morgan fingerprint density at radius 3 is 2.58 bits per heavy atom. The molecule has 0 unspecified atom stereocenters. The molecule has 0 bridgehead atoms. The maximum absolute atomic E-state index is 11.3. The molecule has 0 aliphatic rings. The largest absolute Gasteiger partial charge is 0.399 e. The second-order valence-electron chi connectivity index (χ2n) is 3.74. The molecule has 0 saturated carbocycles. The predicted molar refractivity (Wildman–Crippen MR) is 75.7 cm³/mol. The molecular weight excluding hydrogens is 292 g/mol. The molecule has 0 radical (unpaired) electrons. The van der Waals surface area contributed by atoms with E-state index in [4.69, 9.17) is 23.1 Å². The van der Waals surface area contributed by atoms with Crippen molar-refractivity contribution in [2.45, 2.75) is 0 Å². The third-order valence-electron chi connectivity index (χ3n) is 2.36. The first-order valence-corrected chi connectivity index (χ1v) is 7.34. The Hall–Kier alpha value is -1.51. The third kappa shape index (κ3) is 4.27. The molecular formula is C10H15ClN4O3S. The second kappa shape index (κ2) is 6.09. The smallest absolute Gasteiger partial charge is 0.250 e. The molecule has 6 N–H and O–H groups in total. The van der Waals surface area contributed by atoms with Gasteiger partial charge in [-0.3, -0.25) is 4.79 Å². The zero-order valence-corrected chi connectivity index (χ0v) is 11.8. The van der Waals surface area contributed by atoms with E-state index in [1.165, 1.54) is 19.2 Å². The molecule has 19 heavy (non-hydrogen) atoms. The van der Waals surface area contributed by atoms with Crippen LogP contribution in [-0.2, 0) is 10.0 Å². The average Bonchev–Trinajstić information content (AvgIpc) is 2.31. The average molecular weight is 307 g/mol. The highest BCUT2D eigenvalue weighted by atomic mass is 35.5. The number of halogens is 1. The van der Waals surface area contributed by atoms with E-state index in [9.17, 15) is 13.2 Å². The van der Waals surface area contributed by atoms with Crippen LogP contribution in [0.2, 0.25) is 5.02 Å². The van der Waals surface area contributed by atoms with Crippen LogP contribution in [0.5, 0.6) is 0 Å². The van der Waals surface area contributed by atoms with Crippen LogP contribution in [0.4, 0.5) is 11.4 Å². The number of hydrogen-bond acceptors (Lipinski definition) is 5. The number of primary amides is 1. The van der Waals surface area contributed by atoms with Gasteiger partial charge in [0, 0.05) is 12.2 Å². The van der Waals surface area contributed by atoms with Crippen LogP contribution < -0.4 is 21.5 Å². The first kappa shape index (κ1) is 15.5. The van der Waals surface area contributed by atoms with Crippen LogP contribution in [0, 0.1) is 0 Å². The van der Waals surface area contributed by atoms with Crippen LogP contribution in [0.15, 0.2) is 12.1 Å². The van der Waals surface area contributed by atoms with E-state index in [0.29, 0.717) is 5.69 Å². The summed E-state index contributed by atoms with van der Waals surface area (Å²) >= 11 is 5.95. The van der Waals surface area contributed by atoms with E-state index >= 15 is 0 Å². The minimum atomic E-state index is -3.34. The normalized spacial score (nSPS) is 11.3. The van der Waals surface area contributed by atoms with Crippen LogP contribution in [-0.4, -0.2) is 33.7 Å². The lowest BCUT2D eigenvalue weighted by atomic mass is 10.1. The fraction of sp³-hybridized carbons (Fsp3) is 0.300. The van der Waals surface area contributed by atoms with Crippen LogP contribution in [0.1, 0.15) is 10.4 Å². The molecule has 0 aromatic heterocycles. The topological polar surface area (TPSA) is 127 Å². The highest BCUT2D eigenvalue weighted by Gasteiger charge is 2.14. The van der Waals surface area contributed by atoms with Crippen molar-refractivity contribution >= 4 is 38.9 Å². The van der Waals surface area contributed by atoms with Gasteiger partial charge < -0.3 is 16.8 Å². The minimum absolute atomic E-state index is 0.0765. The summed E-state index contributed by atoms with van der Waals surface area (Å²) in [6, 6.07) is 2.83. The number of nitrogens with two attached hydrogens (primary N) is 2. The zero-order valence-electron chi connectivity index (χ0n) is 10.2. The Labute approximate surface area is 116 Å². The van der Waals surface area contributed by atoms with E-state index in [2.05, 4.69) is 10.0 Å². The van der Waals surface area contributed by atoms with Gasteiger partial charge in [-0.05, 0) is 19.2 Å². The first-order chi connectivity index (χ1) is 8.76. The number of carbonyl (C=O) groups excluding carboxylic acids is 1. The minimum Gasteiger partial charge on any atom is -0.399 e. The van der Waals surface area contributed by atoms with Gasteiger partial charge in [-0.2, -0.15) is 0 Å². The Balaban J connectivity index is 2.92. The number of rotatable bonds is 6. The summed E-state index contributed by atoms with van der Waals surface area (Å²) in [6.07, 6.45) is 0. The van der Waals surface area contributed by atoms with Crippen molar-refractivity contribution in [2.75, 3.05) is 30.4 Å². The van der Waals surface area contributed by atoms with Gasteiger partial charge in [-0.25, -0.2) is 13.1 Å². The van der Waals surface area contributed by atoms with Crippen molar-refractivity contribution in [3.63, 3.8) is 0 Å². The molecule has 0 fully saturated rings. The monoisotopic (exact) mass is 306 g/mol. The van der Waals surface area contributed by atoms with Gasteiger partial charge in [0.15, 0.2) is 0 Å². The number of nitrogens with one attached hydrogen (secondary N) is 2. The van der Waals surface area contributed by atoms with E-state index in [0.717, 1.165) is 0 Å². The third-order valence-corrected chi connectivity index (χ3v) is 4.02. The lowest BCUT2D eigenvalue weighted by Crippen LogP contribution is -2.27. The summed E-state index contributed by atoms with van der Waals surface area (Å²) in [6.45, 7) is 0.0765. The number of sulfonamides is 1. The van der Waals surface area contributed by atoms with Gasteiger partial charge in [0.1, 0.15) is 0 Å². The lowest BCUT2D eigenvalue weighted by molar-refractivity contribution is 0.100. The van der Waals surface area contributed by atoms with Crippen molar-refractivity contribution in [1.29, 1.82) is 0 Å². The molecule has 0 atom stereocenters. The summed E-state index contributed by atoms with van der Waals surface area (Å²) in [7, 11) is -2.02. The summed E-state index contributed by atoms with van der Waals surface area (Å²) in [5, 5.41) is 2.98. The van der Waals surface area contributed by atoms with Gasteiger partial charge in [0.2, 0.25) is 10.0 Å². The molecule has 0 aliphatic heterocycles. The van der Waals surface area contributed by atoms with Gasteiger partial charge >= 0.3 is 0 Å². The van der Waals surface area contributed by atoms with Crippen molar-refractivity contribution in [3.8, 4) is 0 Å². The van der Waals surface area contributed by atoms with Gasteiger partial charge in [-0.1, -0.05) is 11.6 Å². The van der Waals surface area contributed by atoms with Crippen molar-refractivity contribution in [1.82, 2.24) is 4.72 Å². The summed E-state index contributed by atoms with van der Waals surface area (Å²) in [5.41, 5.74) is 11.5. The summed E-state index contributed by atoms with van der Waals surface area (Å²) in [4.78, 5) is 11.3. The fourth-order valence-corrected chi connectivity index (χ4v) is 2.28. The maximum Gasteiger partial charge on any atom is 0.250 e. The van der Waals surface area contributed by atoms with E-state index in [-0.39, 0.29) is 28.6 Å². The molecule has 0 aliphatic carbocycles. The molecule has 1 amide bonds. The molecule has 0 heterocycles. The molecule has 0 spiro atoms. The van der Waals surface area contributed by atoms with Gasteiger partial charge in [0.25, 0.3) is 5.91 Å². The fourth-order valence-electron chi connectivity index (χ4n) is 1.41. The lowest BCUT2D eigenvalue weighted by Gasteiger charge is -2.13. The SMILES string of the molecule is CNS(=O)(=O)CCNc1c(Cl)cc(N)cc1C(N)=O. The van der Waals surface area contributed by atoms with Crippen LogP contribution in [0.3, 0.4) is 0 Å². The Morgan fingerprint density at radius 2 is 2.05 bits per heavy atom. The Bertz CT molecular complexity index is 589. The molecule has 1 rings (SSSR count). The van der Waals surface area contributed by atoms with Gasteiger partial charge in [-0.15, -0.1) is 0 Å². The van der Waals surface area contributed by atoms with E-state index < -0.39 is 15.9 Å². The van der Waals surface area contributed by atoms with E-state index in [1.807, 2.05) is 0 Å². The standard InChI is InChI=1S/C10H15ClN4O3S/c1-14-19(17,18)3-2-15-9-7(10(13)16)4-6(12)5-8(9)11/h4-5,14-15H,2-3,12H2,1H3,(H2,13,16). The van der Waals surface area contributed by atoms with Crippen molar-refractivity contribution < 1.29 is 13.2 Å². The quantitative estimate of drug-likeness (QED) is 0.549. The highest BCUT2D eigenvalue weighted by Crippen LogP contribution is 2.28. The molecule has 7 nitrogen and oxygen atoms in total. The molecule has 1 aromatic rings. The van der Waals surface area contributed by atoms with Crippen molar-refractivity contribution in [3.05, 3.63) is 22.7 Å². The molecule has 0 saturated heterocycles. The number of benzene rings is 1. The highest BCUT2D eigenvalue weighted by molar-refractivity contribution is 7.89. The molecule has 9 heteroatoms. The number of anilines is 2. The summed E-state index contributed by atoms with van der Waals surface area (Å²) < 4.78 is 24.7. The Kier molecular flexibility index (Phi) is 4.98. The summed E-state index contributed by atoms with van der Waals surface area (Å²) in [5.74, 6) is -0.865. The number of amides is 1. The second-order valence-corrected chi connectivity index (χ2v) is 6.19. The molecule has 1 aromatic carbocycles. The number of carbonyl (C=O) groups is 1.